The van der Waals surface area contributed by atoms with Gasteiger partial charge in [-0.2, -0.15) is 8.42 Å². The summed E-state index contributed by atoms with van der Waals surface area (Å²) in [5.41, 5.74) is -2.04. The van der Waals surface area contributed by atoms with Crippen LogP contribution in [-0.4, -0.2) is 297 Å². The molecule has 23 radical (unpaired) electrons. The lowest BCUT2D eigenvalue weighted by Gasteiger charge is -2.43. The molecule has 0 aliphatic heterocycles. The van der Waals surface area contributed by atoms with Crippen molar-refractivity contribution >= 4 is 270 Å². The number of carboxylic acid groups (broad SMARTS) is 1. The number of aromatic carboxylic acids is 1. The van der Waals surface area contributed by atoms with Gasteiger partial charge in [0, 0.05) is 219 Å². The number of ether oxygens (including phenoxy) is 7. The van der Waals surface area contributed by atoms with Crippen LogP contribution in [0, 0.1) is 39.9 Å². The minimum Gasteiger partial charge on any atom is -0.508 e. The fourth-order valence-corrected chi connectivity index (χ4v) is 15.4. The molecule has 0 aliphatic rings. The molecular formula is C65H82B21Br5F5O20S. The van der Waals surface area contributed by atoms with Crippen LogP contribution in [0.1, 0.15) is 151 Å². The molecule has 0 unspecified atom stereocenters. The van der Waals surface area contributed by atoms with E-state index in [0.717, 1.165) is 109 Å². The van der Waals surface area contributed by atoms with Crippen LogP contribution in [0.2, 0.25) is 0 Å². The smallest absolute Gasteiger partial charge is 0.394 e. The Labute approximate surface area is 746 Å². The third-order valence-corrected chi connectivity index (χ3v) is 22.1. The van der Waals surface area contributed by atoms with Gasteiger partial charge in [0.1, 0.15) is 77.7 Å². The van der Waals surface area contributed by atoms with Gasteiger partial charge in [-0.05, 0) is 92.8 Å². The molecule has 0 bridgehead atoms. The van der Waals surface area contributed by atoms with Crippen LogP contribution in [0.25, 0.3) is 0 Å². The number of phenols is 2. The quantitative estimate of drug-likeness (QED) is 0.00407. The highest BCUT2D eigenvalue weighted by atomic mass is 79.9. The molecule has 0 atom stereocenters. The Morgan fingerprint density at radius 2 is 0.658 bits per heavy atom. The zero-order chi connectivity index (χ0) is 89.8. The minimum atomic E-state index is -4.67. The number of hydrogen-bond donors (Lipinski definition) is 6. The molecule has 52 heteroatoms. The van der Waals surface area contributed by atoms with Gasteiger partial charge in [0.15, 0.2) is 0 Å². The average molecular weight is 1940 g/mol. The first-order chi connectivity index (χ1) is 55.0. The summed E-state index contributed by atoms with van der Waals surface area (Å²) in [6.07, 6.45) is 1.32. The second-order valence-corrected chi connectivity index (χ2v) is 29.7. The molecule has 0 amide bonds. The fourth-order valence-electron chi connectivity index (χ4n) is 9.29. The second kappa shape index (κ2) is 63.6. The average Bonchev–Trinajstić information content (AvgIpc) is 0.701. The van der Waals surface area contributed by atoms with Crippen LogP contribution in [-0.2, 0) is 29.3 Å². The fraction of sp³-hybridized carbons (Fsp3) is 0.462. The highest BCUT2D eigenvalue weighted by Crippen LogP contribution is 2.31. The van der Waals surface area contributed by atoms with Crippen molar-refractivity contribution in [1.82, 2.24) is 0 Å². The third-order valence-electron chi connectivity index (χ3n) is 16.1. The summed E-state index contributed by atoms with van der Waals surface area (Å²) in [5.74, 6) is -8.82. The number of hydrogen-bond acceptors (Lipinski definition) is 17. The molecule has 601 valence electrons. The molecule has 5 rings (SSSR count). The molecule has 0 aliphatic carbocycles. The van der Waals surface area contributed by atoms with Crippen LogP contribution in [0.5, 0.6) is 28.7 Å². The summed E-state index contributed by atoms with van der Waals surface area (Å²) in [6.45, 7) is 10.5. The number of aliphatic hydroxyl groups excluding tert-OH is 1. The molecule has 117 heavy (non-hydrogen) atoms. The van der Waals surface area contributed by atoms with Gasteiger partial charge < -0.3 is 53.6 Å². The minimum absolute atomic E-state index is 0.0944. The van der Waals surface area contributed by atoms with Crippen molar-refractivity contribution in [2.45, 2.75) is 98.8 Å². The SMILES string of the molecule is BrCC(CBr)(CBr)CBr.CCCCO.CCCCOC(=O)c1ccc(O)cc1F.CCCCOC(=O)c1ccc(OCC(CBr)(COc2ccc(C(=O)OCCCC)c(F)c2)COc2ccc(C(=O)OCCCC)c(F)c2)cc1F.O=C(O)c1ccc(O)cc1F.O=S(=O)(O)O.[B][B]B(B([B])[B])B(B(B([B])[B])B([B])[B])B(B([B])[B])B([B])[B]. The van der Waals surface area contributed by atoms with Gasteiger partial charge >= 0.3 is 40.2 Å². The van der Waals surface area contributed by atoms with E-state index < -0.39 is 138 Å². The van der Waals surface area contributed by atoms with Crippen molar-refractivity contribution < 1.29 is 117 Å². The van der Waals surface area contributed by atoms with Crippen molar-refractivity contribution in [3.05, 3.63) is 148 Å². The number of benzene rings is 5. The van der Waals surface area contributed by atoms with E-state index in [1.807, 2.05) is 27.7 Å². The number of rotatable bonds is 42. The Morgan fingerprint density at radius 3 is 0.838 bits per heavy atom. The summed E-state index contributed by atoms with van der Waals surface area (Å²) in [7, 11) is 60.1. The van der Waals surface area contributed by atoms with Crippen molar-refractivity contribution in [2.24, 2.45) is 10.8 Å². The van der Waals surface area contributed by atoms with Crippen LogP contribution < -0.4 is 14.2 Å². The van der Waals surface area contributed by atoms with Crippen molar-refractivity contribution in [3.8, 4) is 28.7 Å². The molecule has 6 N–H and O–H groups in total. The second-order valence-electron chi connectivity index (χ2n) is 26.0. The highest BCUT2D eigenvalue weighted by Gasteiger charge is 2.45. The molecule has 0 spiro atoms. The van der Waals surface area contributed by atoms with E-state index in [4.69, 9.17) is 156 Å². The first-order valence-electron chi connectivity index (χ1n) is 36.4. The third kappa shape index (κ3) is 46.7. The number of carbonyl (C=O) groups excluding carboxylic acids is 4. The van der Waals surface area contributed by atoms with Crippen LogP contribution in [0.3, 0.4) is 0 Å². The molecule has 20 nitrogen and oxygen atoms in total. The lowest BCUT2D eigenvalue weighted by Crippen LogP contribution is -2.81. The summed E-state index contributed by atoms with van der Waals surface area (Å²) in [4.78, 5) is 58.4. The van der Waals surface area contributed by atoms with Crippen LogP contribution >= 0.6 is 79.6 Å². The van der Waals surface area contributed by atoms with E-state index in [2.05, 4.69) is 86.6 Å². The Morgan fingerprint density at radius 1 is 0.410 bits per heavy atom. The topological polar surface area (TPSA) is 305 Å². The number of alkyl halides is 5. The number of phenolic OH excluding ortho intramolecular Hbond substituents is 2. The number of carbonyl (C=O) groups is 5. The predicted octanol–water partition coefficient (Wildman–Crippen LogP) is 8.29. The number of aromatic hydroxyl groups is 2. The van der Waals surface area contributed by atoms with E-state index in [-0.39, 0.29) is 103 Å². The molecule has 0 saturated carbocycles. The summed E-state index contributed by atoms with van der Waals surface area (Å²) in [6, 6.07) is 17.4. The Kier molecular flexibility index (Phi) is 62.4. The van der Waals surface area contributed by atoms with Crippen LogP contribution in [0.15, 0.2) is 91.0 Å². The van der Waals surface area contributed by atoms with Crippen molar-refractivity contribution in [3.63, 3.8) is 0 Å². The summed E-state index contributed by atoms with van der Waals surface area (Å²) >= 11 is 17.3. The zero-order valence-corrected chi connectivity index (χ0v) is 74.4. The predicted molar refractivity (Wildman–Crippen MR) is 490 cm³/mol. The number of esters is 4. The normalized spacial score (nSPS) is 10.4. The lowest BCUT2D eigenvalue weighted by atomic mass is 8.38. The van der Waals surface area contributed by atoms with Gasteiger partial charge in [-0.1, -0.05) is 146 Å². The molecule has 5 aromatic rings. The van der Waals surface area contributed by atoms with E-state index >= 15 is 0 Å². The highest BCUT2D eigenvalue weighted by molar-refractivity contribution is 9.11. The Hall–Kier alpha value is -4.31. The maximum absolute atomic E-state index is 14.9. The number of unbranched alkanes of at least 4 members (excludes halogenated alkanes) is 5. The van der Waals surface area contributed by atoms with Gasteiger partial charge in [0.2, 0.25) is 0 Å². The Bertz CT molecular complexity index is 3580. The van der Waals surface area contributed by atoms with Crippen molar-refractivity contribution in [1.29, 1.82) is 0 Å². The molecular weight excluding hydrogens is 1850 g/mol. The maximum Gasteiger partial charge on any atom is 0.394 e. The first kappa shape index (κ1) is 115. The first-order valence-corrected chi connectivity index (χ1v) is 43.4. The van der Waals surface area contributed by atoms with E-state index in [1.54, 1.807) is 0 Å². The summed E-state index contributed by atoms with van der Waals surface area (Å²) < 4.78 is 140. The van der Waals surface area contributed by atoms with E-state index in [1.165, 1.54) is 55.6 Å². The monoisotopic (exact) mass is 1940 g/mol. The van der Waals surface area contributed by atoms with E-state index in [9.17, 15) is 45.9 Å². The van der Waals surface area contributed by atoms with Gasteiger partial charge in [-0.25, -0.2) is 45.9 Å². The lowest BCUT2D eigenvalue weighted by molar-refractivity contribution is 0.0482. The standard InChI is InChI=1S/C38H44BrF3O9.C11H13FO3.C7H5FO3.C5H8Br4.C4H10O.B21.H2O4S/c1-4-7-16-46-35(43)29-13-10-26(19-32(29)40)49-23-38(22-39,24-50-27-11-14-30(33(41)20-27)36(44)47-17-8-5-2)25-51-28-12-15-31(34(42)21-28)37(45)48-18-9-6-3;1-2-3-6-15-11(14)9-5-4-8(13)7-10(9)12;8-6-3-4(9)1-2-5(6)7(10)11;6-1-5(2-7,3-8)4-9;1-2-3-4-5;1-12-18(13(2)3)21(19(14(4)5)15(6)7)20(16(8)9)17(10)11;1-5(2,3)4/h10-15,19-21H,4-9,16-18,22-25H2,1-3H3;4-5,7,13H,2-3,6H2,1H3;1-3,9H,(H,10,11);1-4H2;5H,2-4H2,1H3;;(H2,1,2,3,4). The molecule has 0 fully saturated rings. The molecule has 0 saturated heterocycles. The number of halogens is 10. The van der Waals surface area contributed by atoms with Gasteiger partial charge in [0.25, 0.3) is 0 Å². The van der Waals surface area contributed by atoms with Gasteiger partial charge in [0.05, 0.1) is 59.7 Å². The summed E-state index contributed by atoms with van der Waals surface area (Å²) in [5, 5.41) is 38.3. The van der Waals surface area contributed by atoms with Crippen molar-refractivity contribution in [2.75, 3.05) is 79.5 Å². The molecule has 5 aromatic carbocycles. The largest absolute Gasteiger partial charge is 0.508 e. The van der Waals surface area contributed by atoms with Crippen LogP contribution in [0.4, 0.5) is 22.0 Å². The maximum atomic E-state index is 14.9. The molecule has 0 aromatic heterocycles. The van der Waals surface area contributed by atoms with Gasteiger partial charge in [-0.3, -0.25) is 9.11 Å². The molecule has 0 heterocycles. The van der Waals surface area contributed by atoms with Gasteiger partial charge in [-0.15, -0.1) is 0 Å². The van der Waals surface area contributed by atoms with E-state index in [0.29, 0.717) is 31.3 Å². The number of aliphatic hydroxyl groups is 1. The number of carboxylic acids is 1. The zero-order valence-electron chi connectivity index (χ0n) is 65.6. The Balaban J connectivity index is 0.